The number of aryl methyl sites for hydroxylation is 1. The molecule has 1 aromatic rings. The van der Waals surface area contributed by atoms with Gasteiger partial charge in [0.25, 0.3) is 0 Å². The molecule has 4 nitrogen and oxygen atoms in total. The van der Waals surface area contributed by atoms with Crippen molar-refractivity contribution in [2.45, 2.75) is 6.42 Å². The molecule has 1 aliphatic rings. The second-order valence-corrected chi connectivity index (χ2v) is 3.31. The molecular formula is C9H12N2O2. The normalized spacial score (nSPS) is 22.1. The van der Waals surface area contributed by atoms with Crippen molar-refractivity contribution < 1.29 is 9.53 Å². The van der Waals surface area contributed by atoms with Gasteiger partial charge in [0.15, 0.2) is 5.78 Å². The number of Topliss-reactive ketones (excluding diaryl/α,β-unsaturated/α-hetero) is 1. The minimum atomic E-state index is 0.0374. The monoisotopic (exact) mass is 180 g/mol. The molecule has 0 saturated carbocycles. The number of ketones is 1. The molecule has 1 aliphatic heterocycles. The number of ether oxygens (including phenoxy) is 1. The molecule has 70 valence electrons. The molecule has 0 amide bonds. The topological polar surface area (TPSA) is 44.1 Å². The zero-order chi connectivity index (χ0) is 9.26. The molecule has 1 unspecified atom stereocenters. The van der Waals surface area contributed by atoms with E-state index in [1.807, 2.05) is 7.05 Å². The number of hydrogen-bond acceptors (Lipinski definition) is 3. The first-order valence-electron chi connectivity index (χ1n) is 4.37. The smallest absolute Gasteiger partial charge is 0.186 e. The molecule has 0 aromatic carbocycles. The number of carbonyl (C=O) groups excluding carboxylic acids is 1. The van der Waals surface area contributed by atoms with E-state index in [0.717, 1.165) is 6.42 Å². The number of rotatable bonds is 2. The average Bonchev–Trinajstić information content (AvgIpc) is 2.72. The number of aromatic nitrogens is 2. The molecule has 0 N–H and O–H groups in total. The van der Waals surface area contributed by atoms with Crippen molar-refractivity contribution in [2.24, 2.45) is 13.0 Å². The van der Waals surface area contributed by atoms with Gasteiger partial charge in [0.1, 0.15) is 5.69 Å². The van der Waals surface area contributed by atoms with Gasteiger partial charge in [-0.15, -0.1) is 0 Å². The lowest BCUT2D eigenvalue weighted by molar-refractivity contribution is 0.0892. The molecule has 0 aliphatic carbocycles. The largest absolute Gasteiger partial charge is 0.381 e. The van der Waals surface area contributed by atoms with Crippen molar-refractivity contribution >= 4 is 5.78 Å². The Morgan fingerprint density at radius 2 is 2.62 bits per heavy atom. The molecule has 0 radical (unpaired) electrons. The summed E-state index contributed by atoms with van der Waals surface area (Å²) >= 11 is 0. The Morgan fingerprint density at radius 1 is 1.77 bits per heavy atom. The average molecular weight is 180 g/mol. The Bertz CT molecular complexity index is 313. The SMILES string of the molecule is Cn1cncc1C(=O)C1CCOC1. The minimum absolute atomic E-state index is 0.0374. The first-order chi connectivity index (χ1) is 6.29. The van der Waals surface area contributed by atoms with Crippen molar-refractivity contribution in [1.82, 2.24) is 9.55 Å². The van der Waals surface area contributed by atoms with E-state index in [2.05, 4.69) is 4.98 Å². The van der Waals surface area contributed by atoms with Crippen LogP contribution < -0.4 is 0 Å². The highest BCUT2D eigenvalue weighted by atomic mass is 16.5. The molecule has 13 heavy (non-hydrogen) atoms. The van der Waals surface area contributed by atoms with Crippen molar-refractivity contribution in [3.8, 4) is 0 Å². The highest BCUT2D eigenvalue weighted by molar-refractivity contribution is 5.96. The molecule has 1 aromatic heterocycles. The summed E-state index contributed by atoms with van der Waals surface area (Å²) in [6, 6.07) is 0. The van der Waals surface area contributed by atoms with E-state index in [1.54, 1.807) is 17.1 Å². The van der Waals surface area contributed by atoms with Crippen LogP contribution in [0.15, 0.2) is 12.5 Å². The van der Waals surface area contributed by atoms with Crippen LogP contribution in [0.3, 0.4) is 0 Å². The van der Waals surface area contributed by atoms with Crippen LogP contribution in [-0.4, -0.2) is 28.5 Å². The fourth-order valence-corrected chi connectivity index (χ4v) is 1.55. The second-order valence-electron chi connectivity index (χ2n) is 3.31. The highest BCUT2D eigenvalue weighted by Gasteiger charge is 2.26. The molecule has 1 fully saturated rings. The lowest BCUT2D eigenvalue weighted by Crippen LogP contribution is -2.17. The van der Waals surface area contributed by atoms with Crippen LogP contribution >= 0.6 is 0 Å². The third-order valence-corrected chi connectivity index (χ3v) is 2.37. The zero-order valence-corrected chi connectivity index (χ0v) is 7.56. The standard InChI is InChI=1S/C9H12N2O2/c1-11-6-10-4-8(11)9(12)7-2-3-13-5-7/h4,6-7H,2-3,5H2,1H3. The maximum atomic E-state index is 11.8. The number of imidazole rings is 1. The Morgan fingerprint density at radius 3 is 3.15 bits per heavy atom. The number of nitrogens with zero attached hydrogens (tertiary/aromatic N) is 2. The first kappa shape index (κ1) is 8.44. The summed E-state index contributed by atoms with van der Waals surface area (Å²) in [7, 11) is 1.83. The van der Waals surface area contributed by atoms with Gasteiger partial charge in [-0.3, -0.25) is 4.79 Å². The Balaban J connectivity index is 2.17. The van der Waals surface area contributed by atoms with Gasteiger partial charge >= 0.3 is 0 Å². The molecule has 0 bridgehead atoms. The fraction of sp³-hybridized carbons (Fsp3) is 0.556. The van der Waals surface area contributed by atoms with Gasteiger partial charge < -0.3 is 9.30 Å². The van der Waals surface area contributed by atoms with Gasteiger partial charge in [0.05, 0.1) is 19.1 Å². The predicted molar refractivity (Wildman–Crippen MR) is 46.5 cm³/mol. The molecule has 2 heterocycles. The summed E-state index contributed by atoms with van der Waals surface area (Å²) in [5.41, 5.74) is 0.676. The van der Waals surface area contributed by atoms with E-state index >= 15 is 0 Å². The molecule has 1 atom stereocenters. The molecule has 0 spiro atoms. The van der Waals surface area contributed by atoms with E-state index in [0.29, 0.717) is 18.9 Å². The summed E-state index contributed by atoms with van der Waals surface area (Å²) in [5, 5.41) is 0. The summed E-state index contributed by atoms with van der Waals surface area (Å²) in [6.07, 6.45) is 4.09. The summed E-state index contributed by atoms with van der Waals surface area (Å²) < 4.78 is 6.92. The van der Waals surface area contributed by atoms with Gasteiger partial charge in [-0.05, 0) is 6.42 Å². The van der Waals surface area contributed by atoms with E-state index < -0.39 is 0 Å². The summed E-state index contributed by atoms with van der Waals surface area (Å²) in [6.45, 7) is 1.26. The minimum Gasteiger partial charge on any atom is -0.381 e. The maximum Gasteiger partial charge on any atom is 0.186 e. The molecule has 4 heteroatoms. The van der Waals surface area contributed by atoms with Crippen LogP contribution in [0.25, 0.3) is 0 Å². The quantitative estimate of drug-likeness (QED) is 0.627. The Labute approximate surface area is 76.5 Å². The van der Waals surface area contributed by atoms with E-state index in [4.69, 9.17) is 4.74 Å². The third kappa shape index (κ3) is 1.49. The van der Waals surface area contributed by atoms with E-state index in [1.165, 1.54) is 0 Å². The number of hydrogen-bond donors (Lipinski definition) is 0. The van der Waals surface area contributed by atoms with Crippen LogP contribution in [0.5, 0.6) is 0 Å². The van der Waals surface area contributed by atoms with Gasteiger partial charge in [-0.2, -0.15) is 0 Å². The summed E-state index contributed by atoms with van der Waals surface area (Å²) in [4.78, 5) is 15.7. The molecule has 1 saturated heterocycles. The van der Waals surface area contributed by atoms with Crippen molar-refractivity contribution in [3.05, 3.63) is 18.2 Å². The second kappa shape index (κ2) is 3.30. The van der Waals surface area contributed by atoms with Gasteiger partial charge in [0.2, 0.25) is 0 Å². The summed E-state index contributed by atoms with van der Waals surface area (Å²) in [5.74, 6) is 0.188. The fourth-order valence-electron chi connectivity index (χ4n) is 1.55. The lowest BCUT2D eigenvalue weighted by atomic mass is 10.0. The van der Waals surface area contributed by atoms with E-state index in [9.17, 15) is 4.79 Å². The third-order valence-electron chi connectivity index (χ3n) is 2.37. The predicted octanol–water partition coefficient (Wildman–Crippen LogP) is 0.639. The van der Waals surface area contributed by atoms with Crippen molar-refractivity contribution in [1.29, 1.82) is 0 Å². The first-order valence-corrected chi connectivity index (χ1v) is 4.37. The molecule has 2 rings (SSSR count). The van der Waals surface area contributed by atoms with E-state index in [-0.39, 0.29) is 11.7 Å². The van der Waals surface area contributed by atoms with Crippen LogP contribution in [0, 0.1) is 5.92 Å². The van der Waals surface area contributed by atoms with Crippen molar-refractivity contribution in [3.63, 3.8) is 0 Å². The van der Waals surface area contributed by atoms with Crippen LogP contribution in [0.2, 0.25) is 0 Å². The van der Waals surface area contributed by atoms with Crippen molar-refractivity contribution in [2.75, 3.05) is 13.2 Å². The molecular weight excluding hydrogens is 168 g/mol. The highest BCUT2D eigenvalue weighted by Crippen LogP contribution is 2.17. The Kier molecular flexibility index (Phi) is 2.14. The van der Waals surface area contributed by atoms with Crippen LogP contribution in [0.1, 0.15) is 16.9 Å². The van der Waals surface area contributed by atoms with Gasteiger partial charge in [0, 0.05) is 19.6 Å². The zero-order valence-electron chi connectivity index (χ0n) is 7.56. The van der Waals surface area contributed by atoms with Gasteiger partial charge in [-0.25, -0.2) is 4.98 Å². The maximum absolute atomic E-state index is 11.8. The number of carbonyl (C=O) groups is 1. The Hall–Kier alpha value is -1.16. The van der Waals surface area contributed by atoms with Crippen LogP contribution in [-0.2, 0) is 11.8 Å². The van der Waals surface area contributed by atoms with Crippen LogP contribution in [0.4, 0.5) is 0 Å². The lowest BCUT2D eigenvalue weighted by Gasteiger charge is -2.05. The van der Waals surface area contributed by atoms with Gasteiger partial charge in [-0.1, -0.05) is 0 Å².